The molecule has 0 bridgehead atoms. The number of rotatable bonds is 3. The van der Waals surface area contributed by atoms with Crippen LogP contribution in [0.4, 0.5) is 22.0 Å². The Kier molecular flexibility index (Phi) is 4.73. The highest BCUT2D eigenvalue weighted by Gasteiger charge is 2.22. The van der Waals surface area contributed by atoms with E-state index in [0.29, 0.717) is 37.4 Å². The number of hydrogen-bond acceptors (Lipinski definition) is 6. The number of benzene rings is 1. The molecule has 0 spiro atoms. The van der Waals surface area contributed by atoms with Crippen molar-refractivity contribution in [2.75, 3.05) is 36.4 Å². The van der Waals surface area contributed by atoms with Crippen LogP contribution in [0.2, 0.25) is 0 Å². The van der Waals surface area contributed by atoms with Gasteiger partial charge in [-0.05, 0) is 13.0 Å². The van der Waals surface area contributed by atoms with E-state index >= 15 is 0 Å². The molecular weight excluding hydrogens is 324 g/mol. The molecule has 1 N–H and O–H groups in total. The summed E-state index contributed by atoms with van der Waals surface area (Å²) in [5.74, 6) is 0.789. The summed E-state index contributed by atoms with van der Waals surface area (Å²) in [5.41, 5.74) is 0.963. The standard InChI is InChI=1S/C16H18N6O3/c1-12-2-3-13(10-14(12)22(24)25)19-16(23)21-8-6-20(7-9-21)15-11-17-4-5-18-15/h2-5,10-11H,6-9H2,1H3,(H,19,23). The van der Waals surface area contributed by atoms with Crippen LogP contribution < -0.4 is 10.2 Å². The molecule has 1 aromatic heterocycles. The van der Waals surface area contributed by atoms with E-state index in [0.717, 1.165) is 5.82 Å². The number of anilines is 2. The first kappa shape index (κ1) is 16.6. The van der Waals surface area contributed by atoms with Gasteiger partial charge >= 0.3 is 6.03 Å². The van der Waals surface area contributed by atoms with Crippen molar-refractivity contribution in [2.24, 2.45) is 0 Å². The monoisotopic (exact) mass is 342 g/mol. The van der Waals surface area contributed by atoms with Gasteiger partial charge in [0.15, 0.2) is 0 Å². The lowest BCUT2D eigenvalue weighted by atomic mass is 10.2. The van der Waals surface area contributed by atoms with Gasteiger partial charge in [0.25, 0.3) is 5.69 Å². The fourth-order valence-electron chi connectivity index (χ4n) is 2.68. The molecule has 0 aliphatic carbocycles. The Balaban J connectivity index is 1.60. The van der Waals surface area contributed by atoms with Crippen molar-refractivity contribution in [1.29, 1.82) is 0 Å². The van der Waals surface area contributed by atoms with Crippen molar-refractivity contribution in [3.63, 3.8) is 0 Å². The van der Waals surface area contributed by atoms with E-state index in [1.165, 1.54) is 6.07 Å². The summed E-state index contributed by atoms with van der Waals surface area (Å²) in [4.78, 5) is 35.0. The molecule has 0 saturated carbocycles. The largest absolute Gasteiger partial charge is 0.352 e. The van der Waals surface area contributed by atoms with Gasteiger partial charge in [-0.25, -0.2) is 9.78 Å². The van der Waals surface area contributed by atoms with Crippen molar-refractivity contribution < 1.29 is 9.72 Å². The zero-order chi connectivity index (χ0) is 17.8. The summed E-state index contributed by atoms with van der Waals surface area (Å²) >= 11 is 0. The highest BCUT2D eigenvalue weighted by atomic mass is 16.6. The summed E-state index contributed by atoms with van der Waals surface area (Å²) in [6.07, 6.45) is 4.95. The number of aryl methyl sites for hydroxylation is 1. The number of nitro groups is 1. The number of nitro benzene ring substituents is 1. The number of urea groups is 1. The summed E-state index contributed by atoms with van der Waals surface area (Å²) in [5, 5.41) is 13.7. The van der Waals surface area contributed by atoms with E-state index < -0.39 is 4.92 Å². The van der Waals surface area contributed by atoms with Gasteiger partial charge in [-0.2, -0.15) is 0 Å². The fraction of sp³-hybridized carbons (Fsp3) is 0.312. The van der Waals surface area contributed by atoms with Crippen LogP contribution in [0.25, 0.3) is 0 Å². The first-order valence-electron chi connectivity index (χ1n) is 7.86. The lowest BCUT2D eigenvalue weighted by Crippen LogP contribution is -2.50. The molecule has 9 nitrogen and oxygen atoms in total. The Morgan fingerprint density at radius 2 is 2.00 bits per heavy atom. The van der Waals surface area contributed by atoms with Crippen molar-refractivity contribution >= 4 is 23.2 Å². The van der Waals surface area contributed by atoms with Crippen LogP contribution in [0.3, 0.4) is 0 Å². The van der Waals surface area contributed by atoms with Crippen LogP contribution in [-0.2, 0) is 0 Å². The molecule has 25 heavy (non-hydrogen) atoms. The zero-order valence-electron chi connectivity index (χ0n) is 13.8. The molecule has 2 amide bonds. The molecule has 130 valence electrons. The summed E-state index contributed by atoms with van der Waals surface area (Å²) in [7, 11) is 0. The molecule has 1 aliphatic heterocycles. The highest BCUT2D eigenvalue weighted by Crippen LogP contribution is 2.22. The second-order valence-electron chi connectivity index (χ2n) is 5.73. The van der Waals surface area contributed by atoms with Gasteiger partial charge in [-0.3, -0.25) is 15.1 Å². The van der Waals surface area contributed by atoms with Crippen molar-refractivity contribution in [2.45, 2.75) is 6.92 Å². The van der Waals surface area contributed by atoms with Crippen molar-refractivity contribution in [3.8, 4) is 0 Å². The summed E-state index contributed by atoms with van der Waals surface area (Å²) < 4.78 is 0. The van der Waals surface area contributed by atoms with Crippen molar-refractivity contribution in [3.05, 3.63) is 52.5 Å². The van der Waals surface area contributed by atoms with Crippen LogP contribution in [0.5, 0.6) is 0 Å². The van der Waals surface area contributed by atoms with E-state index in [-0.39, 0.29) is 11.7 Å². The lowest BCUT2D eigenvalue weighted by molar-refractivity contribution is -0.385. The molecule has 0 radical (unpaired) electrons. The van der Waals surface area contributed by atoms with Crippen LogP contribution in [-0.4, -0.2) is 52.0 Å². The Labute approximate surface area is 144 Å². The third-order valence-electron chi connectivity index (χ3n) is 4.10. The van der Waals surface area contributed by atoms with E-state index in [1.54, 1.807) is 42.5 Å². The molecule has 1 aliphatic rings. The maximum atomic E-state index is 12.4. The molecule has 3 rings (SSSR count). The number of nitrogens with zero attached hydrogens (tertiary/aromatic N) is 5. The van der Waals surface area contributed by atoms with E-state index in [2.05, 4.69) is 20.2 Å². The van der Waals surface area contributed by atoms with E-state index in [4.69, 9.17) is 0 Å². The van der Waals surface area contributed by atoms with Crippen molar-refractivity contribution in [1.82, 2.24) is 14.9 Å². The normalized spacial score (nSPS) is 14.3. The van der Waals surface area contributed by atoms with Crippen LogP contribution in [0, 0.1) is 17.0 Å². The minimum atomic E-state index is -0.454. The van der Waals surface area contributed by atoms with Crippen LogP contribution in [0.1, 0.15) is 5.56 Å². The fourth-order valence-corrected chi connectivity index (χ4v) is 2.68. The number of carbonyl (C=O) groups is 1. The number of amides is 2. The Morgan fingerprint density at radius 1 is 1.24 bits per heavy atom. The maximum absolute atomic E-state index is 12.4. The van der Waals surface area contributed by atoms with Gasteiger partial charge in [-0.15, -0.1) is 0 Å². The van der Waals surface area contributed by atoms with Gasteiger partial charge < -0.3 is 15.1 Å². The van der Waals surface area contributed by atoms with Gasteiger partial charge in [0.2, 0.25) is 0 Å². The van der Waals surface area contributed by atoms with Gasteiger partial charge in [0.1, 0.15) is 5.82 Å². The number of nitrogens with one attached hydrogen (secondary N) is 1. The Bertz CT molecular complexity index is 775. The SMILES string of the molecule is Cc1ccc(NC(=O)N2CCN(c3cnccn3)CC2)cc1[N+](=O)[O-]. The van der Waals surface area contributed by atoms with Gasteiger partial charge in [0.05, 0.1) is 11.1 Å². The average molecular weight is 342 g/mol. The number of hydrogen-bond donors (Lipinski definition) is 1. The molecular formula is C16H18N6O3. The second-order valence-corrected chi connectivity index (χ2v) is 5.73. The van der Waals surface area contributed by atoms with Crippen LogP contribution >= 0.6 is 0 Å². The van der Waals surface area contributed by atoms with Crippen LogP contribution in [0.15, 0.2) is 36.8 Å². The molecule has 0 atom stereocenters. The molecule has 0 unspecified atom stereocenters. The van der Waals surface area contributed by atoms with E-state index in [9.17, 15) is 14.9 Å². The molecule has 1 fully saturated rings. The lowest BCUT2D eigenvalue weighted by Gasteiger charge is -2.35. The Morgan fingerprint density at radius 3 is 2.64 bits per heavy atom. The second kappa shape index (κ2) is 7.12. The zero-order valence-corrected chi connectivity index (χ0v) is 13.8. The summed E-state index contributed by atoms with van der Waals surface area (Å²) in [6.45, 7) is 4.04. The first-order valence-corrected chi connectivity index (χ1v) is 7.86. The topological polar surface area (TPSA) is 104 Å². The molecule has 1 saturated heterocycles. The average Bonchev–Trinajstić information content (AvgIpc) is 2.64. The molecule has 9 heteroatoms. The number of piperazine rings is 1. The predicted octanol–water partition coefficient (Wildman–Crippen LogP) is 2.05. The van der Waals surface area contributed by atoms with Gasteiger partial charge in [0, 0.05) is 55.9 Å². The summed E-state index contributed by atoms with van der Waals surface area (Å²) in [6, 6.07) is 4.40. The minimum Gasteiger partial charge on any atom is -0.352 e. The predicted molar refractivity (Wildman–Crippen MR) is 92.7 cm³/mol. The third-order valence-corrected chi connectivity index (χ3v) is 4.10. The maximum Gasteiger partial charge on any atom is 0.321 e. The highest BCUT2D eigenvalue weighted by molar-refractivity contribution is 5.90. The van der Waals surface area contributed by atoms with Gasteiger partial charge in [-0.1, -0.05) is 6.07 Å². The number of aromatic nitrogens is 2. The molecule has 2 aromatic rings. The first-order chi connectivity index (χ1) is 12.0. The Hall–Kier alpha value is -3.23. The molecule has 2 heterocycles. The quantitative estimate of drug-likeness (QED) is 0.676. The molecule has 1 aromatic carbocycles. The third kappa shape index (κ3) is 3.82. The smallest absolute Gasteiger partial charge is 0.321 e. The minimum absolute atomic E-state index is 0.00901. The van der Waals surface area contributed by atoms with E-state index in [1.807, 2.05) is 0 Å². The number of carbonyl (C=O) groups excluding carboxylic acids is 1.